The minimum atomic E-state index is -1.01. The van der Waals surface area contributed by atoms with Crippen LogP contribution in [0.4, 0.5) is 5.69 Å². The summed E-state index contributed by atoms with van der Waals surface area (Å²) in [5, 5.41) is 11.6. The molecule has 1 aromatic heterocycles. The fourth-order valence-electron chi connectivity index (χ4n) is 3.32. The molecule has 31 heavy (non-hydrogen) atoms. The van der Waals surface area contributed by atoms with E-state index in [-0.39, 0.29) is 18.9 Å². The van der Waals surface area contributed by atoms with Crippen molar-refractivity contribution in [3.05, 3.63) is 59.4 Å². The fraction of sp³-hybridized carbons (Fsp3) is 0.304. The number of hydrogen-bond acceptors (Lipinski definition) is 5. The SMILES string of the molecule is Cc1nn(C)c(C)c1NC(=O)[C@@H](C)OC(=O)CNC(=O)Cc1cccc2ccccc12. The number of ether oxygens (including phenoxy) is 1. The molecular formula is C23H26N4O4. The molecule has 162 valence electrons. The molecule has 0 aliphatic carbocycles. The Morgan fingerprint density at radius 3 is 2.52 bits per heavy atom. The molecule has 1 heterocycles. The zero-order valence-corrected chi connectivity index (χ0v) is 18.1. The van der Waals surface area contributed by atoms with Crippen LogP contribution in [0.15, 0.2) is 42.5 Å². The van der Waals surface area contributed by atoms with Crippen LogP contribution in [-0.2, 0) is 32.6 Å². The van der Waals surface area contributed by atoms with Gasteiger partial charge in [-0.25, -0.2) is 0 Å². The third-order valence-corrected chi connectivity index (χ3v) is 5.10. The summed E-state index contributed by atoms with van der Waals surface area (Å²) in [6, 6.07) is 13.6. The lowest BCUT2D eigenvalue weighted by molar-refractivity contribution is -0.152. The Morgan fingerprint density at radius 1 is 1.10 bits per heavy atom. The van der Waals surface area contributed by atoms with Crippen LogP contribution < -0.4 is 10.6 Å². The fourth-order valence-corrected chi connectivity index (χ4v) is 3.32. The number of carbonyl (C=O) groups excluding carboxylic acids is 3. The lowest BCUT2D eigenvalue weighted by Crippen LogP contribution is -2.36. The smallest absolute Gasteiger partial charge is 0.326 e. The number of hydrogen-bond donors (Lipinski definition) is 2. The maximum Gasteiger partial charge on any atom is 0.326 e. The number of esters is 1. The maximum absolute atomic E-state index is 12.4. The van der Waals surface area contributed by atoms with Crippen molar-refractivity contribution in [1.82, 2.24) is 15.1 Å². The first-order chi connectivity index (χ1) is 14.8. The number of benzene rings is 2. The second-order valence-corrected chi connectivity index (χ2v) is 7.38. The molecule has 2 aromatic carbocycles. The van der Waals surface area contributed by atoms with Gasteiger partial charge in [0.25, 0.3) is 5.91 Å². The minimum absolute atomic E-state index is 0.143. The first-order valence-corrected chi connectivity index (χ1v) is 10.00. The number of nitrogens with zero attached hydrogens (tertiary/aromatic N) is 2. The highest BCUT2D eigenvalue weighted by Gasteiger charge is 2.21. The Balaban J connectivity index is 1.50. The summed E-state index contributed by atoms with van der Waals surface area (Å²) < 4.78 is 6.81. The molecule has 0 unspecified atom stereocenters. The van der Waals surface area contributed by atoms with Gasteiger partial charge < -0.3 is 15.4 Å². The summed E-state index contributed by atoms with van der Waals surface area (Å²) in [5.41, 5.74) is 2.94. The van der Waals surface area contributed by atoms with E-state index < -0.39 is 18.0 Å². The summed E-state index contributed by atoms with van der Waals surface area (Å²) in [6.07, 6.45) is -0.869. The van der Waals surface area contributed by atoms with Gasteiger partial charge in [0.15, 0.2) is 6.10 Å². The Labute approximate surface area is 180 Å². The summed E-state index contributed by atoms with van der Waals surface area (Å²) in [4.78, 5) is 36.7. The van der Waals surface area contributed by atoms with E-state index >= 15 is 0 Å². The van der Waals surface area contributed by atoms with Crippen LogP contribution in [0.25, 0.3) is 10.8 Å². The number of anilines is 1. The van der Waals surface area contributed by atoms with Gasteiger partial charge in [0.1, 0.15) is 6.54 Å². The topological polar surface area (TPSA) is 102 Å². The first-order valence-electron chi connectivity index (χ1n) is 10.00. The monoisotopic (exact) mass is 422 g/mol. The largest absolute Gasteiger partial charge is 0.451 e. The van der Waals surface area contributed by atoms with Crippen molar-refractivity contribution in [1.29, 1.82) is 0 Å². The molecule has 0 saturated carbocycles. The normalized spacial score (nSPS) is 11.7. The van der Waals surface area contributed by atoms with Gasteiger partial charge >= 0.3 is 5.97 Å². The molecule has 0 fully saturated rings. The second-order valence-electron chi connectivity index (χ2n) is 7.38. The highest BCUT2D eigenvalue weighted by molar-refractivity contribution is 5.96. The number of aryl methyl sites for hydroxylation is 2. The van der Waals surface area contributed by atoms with E-state index in [9.17, 15) is 14.4 Å². The van der Waals surface area contributed by atoms with Crippen LogP contribution in [0.1, 0.15) is 23.9 Å². The Kier molecular flexibility index (Phi) is 6.69. The van der Waals surface area contributed by atoms with Gasteiger partial charge in [-0.15, -0.1) is 0 Å². The highest BCUT2D eigenvalue weighted by atomic mass is 16.5. The molecule has 0 radical (unpaired) electrons. The molecule has 0 bridgehead atoms. The van der Waals surface area contributed by atoms with Crippen molar-refractivity contribution < 1.29 is 19.1 Å². The van der Waals surface area contributed by atoms with Crippen LogP contribution in [-0.4, -0.2) is 40.2 Å². The molecule has 0 aliphatic rings. The molecule has 0 spiro atoms. The Morgan fingerprint density at radius 2 is 1.81 bits per heavy atom. The zero-order valence-electron chi connectivity index (χ0n) is 18.1. The van der Waals surface area contributed by atoms with E-state index in [0.717, 1.165) is 22.0 Å². The molecule has 8 nitrogen and oxygen atoms in total. The van der Waals surface area contributed by atoms with Crippen molar-refractivity contribution in [3.63, 3.8) is 0 Å². The van der Waals surface area contributed by atoms with E-state index in [0.29, 0.717) is 11.4 Å². The lowest BCUT2D eigenvalue weighted by atomic mass is 10.0. The van der Waals surface area contributed by atoms with E-state index in [4.69, 9.17) is 4.74 Å². The van der Waals surface area contributed by atoms with E-state index in [1.807, 2.05) is 49.4 Å². The summed E-state index contributed by atoms with van der Waals surface area (Å²) >= 11 is 0. The molecule has 3 rings (SSSR count). The van der Waals surface area contributed by atoms with Crippen molar-refractivity contribution in [2.75, 3.05) is 11.9 Å². The number of nitrogens with one attached hydrogen (secondary N) is 2. The van der Waals surface area contributed by atoms with Gasteiger partial charge in [0.05, 0.1) is 23.5 Å². The molecule has 3 aromatic rings. The average molecular weight is 422 g/mol. The van der Waals surface area contributed by atoms with Crippen LogP contribution in [0.5, 0.6) is 0 Å². The van der Waals surface area contributed by atoms with Crippen LogP contribution >= 0.6 is 0 Å². The quantitative estimate of drug-likeness (QED) is 0.570. The van der Waals surface area contributed by atoms with Gasteiger partial charge in [-0.1, -0.05) is 42.5 Å². The van der Waals surface area contributed by atoms with Crippen LogP contribution in [0.2, 0.25) is 0 Å². The van der Waals surface area contributed by atoms with Crippen molar-refractivity contribution in [2.24, 2.45) is 7.05 Å². The van der Waals surface area contributed by atoms with Crippen molar-refractivity contribution in [2.45, 2.75) is 33.3 Å². The maximum atomic E-state index is 12.4. The number of fused-ring (bicyclic) bond motifs is 1. The number of aromatic nitrogens is 2. The van der Waals surface area contributed by atoms with Crippen molar-refractivity contribution >= 4 is 34.2 Å². The van der Waals surface area contributed by atoms with E-state index in [1.54, 1.807) is 18.7 Å². The molecule has 2 N–H and O–H groups in total. The third-order valence-electron chi connectivity index (χ3n) is 5.10. The second kappa shape index (κ2) is 9.42. The van der Waals surface area contributed by atoms with Gasteiger partial charge in [-0.3, -0.25) is 19.1 Å². The van der Waals surface area contributed by atoms with E-state index in [1.165, 1.54) is 6.92 Å². The molecule has 0 saturated heterocycles. The van der Waals surface area contributed by atoms with Gasteiger partial charge in [-0.05, 0) is 37.1 Å². The van der Waals surface area contributed by atoms with Gasteiger partial charge in [-0.2, -0.15) is 5.10 Å². The Bertz CT molecular complexity index is 1130. The number of carbonyl (C=O) groups is 3. The predicted octanol–water partition coefficient (Wildman–Crippen LogP) is 2.42. The van der Waals surface area contributed by atoms with E-state index in [2.05, 4.69) is 15.7 Å². The van der Waals surface area contributed by atoms with Gasteiger partial charge in [0.2, 0.25) is 5.91 Å². The summed E-state index contributed by atoms with van der Waals surface area (Å²) in [7, 11) is 1.78. The zero-order chi connectivity index (χ0) is 22.5. The standard InChI is InChI=1S/C23H26N4O4/c1-14-22(15(2)27(4)26-14)25-23(30)16(3)31-21(29)13-24-20(28)12-18-10-7-9-17-8-5-6-11-19(17)18/h5-11,16H,12-13H2,1-4H3,(H,24,28)(H,25,30)/t16-/m1/s1. The number of rotatable bonds is 7. The third kappa shape index (κ3) is 5.28. The van der Waals surface area contributed by atoms with Gasteiger partial charge in [0, 0.05) is 7.05 Å². The molecule has 1 atom stereocenters. The first kappa shape index (κ1) is 22.0. The Hall–Kier alpha value is -3.68. The van der Waals surface area contributed by atoms with Crippen LogP contribution in [0.3, 0.4) is 0 Å². The van der Waals surface area contributed by atoms with Crippen molar-refractivity contribution in [3.8, 4) is 0 Å². The molecule has 0 aliphatic heterocycles. The molecule has 8 heteroatoms. The number of amides is 2. The summed E-state index contributed by atoms with van der Waals surface area (Å²) in [5.74, 6) is -1.45. The van der Waals surface area contributed by atoms with Crippen LogP contribution in [0, 0.1) is 13.8 Å². The molecule has 2 amide bonds. The summed E-state index contributed by atoms with van der Waals surface area (Å²) in [6.45, 7) is 4.78. The molecular weight excluding hydrogens is 396 g/mol. The average Bonchev–Trinajstić information content (AvgIpc) is 2.98. The highest BCUT2D eigenvalue weighted by Crippen LogP contribution is 2.19. The lowest BCUT2D eigenvalue weighted by Gasteiger charge is -2.14. The predicted molar refractivity (Wildman–Crippen MR) is 118 cm³/mol. The minimum Gasteiger partial charge on any atom is -0.451 e.